The molecule has 3 rings (SSSR count). The lowest BCUT2D eigenvalue weighted by Crippen LogP contribution is -2.39. The quantitative estimate of drug-likeness (QED) is 0.565. The molecule has 2 aromatic heterocycles. The van der Waals surface area contributed by atoms with Gasteiger partial charge < -0.3 is 10.7 Å². The number of carbonyl (C=O) groups is 2. The summed E-state index contributed by atoms with van der Waals surface area (Å²) >= 11 is 2.65. The van der Waals surface area contributed by atoms with E-state index in [9.17, 15) is 14.4 Å². The largest absolute Gasteiger partial charge is 0.351 e. The number of carbonyl (C=O) groups excluding carboxylic acids is 2. The van der Waals surface area contributed by atoms with Gasteiger partial charge in [-0.05, 0) is 37.7 Å². The lowest BCUT2D eigenvalue weighted by atomic mass is 9.89. The van der Waals surface area contributed by atoms with E-state index in [-0.39, 0.29) is 5.56 Å². The molecular weight excluding hydrogens is 348 g/mol. The highest BCUT2D eigenvalue weighted by atomic mass is 32.2. The summed E-state index contributed by atoms with van der Waals surface area (Å²) in [4.78, 5) is 44.2. The van der Waals surface area contributed by atoms with E-state index in [0.717, 1.165) is 36.6 Å². The molecule has 0 saturated carbocycles. The van der Waals surface area contributed by atoms with Gasteiger partial charge in [0, 0.05) is 4.88 Å². The van der Waals surface area contributed by atoms with E-state index in [1.807, 2.05) is 5.32 Å². The van der Waals surface area contributed by atoms with E-state index in [1.54, 1.807) is 18.3 Å². The van der Waals surface area contributed by atoms with Crippen LogP contribution in [0.5, 0.6) is 0 Å². The Morgan fingerprint density at radius 2 is 2.25 bits per heavy atom. The standard InChI is InChI=1S/C15H18N4O3S2/c1-6-3-4-8-9(5-6)24-13-10(8)12(21)18-15(19-13)23-7(2)11(20)17-14(16)22/h6-7H,3-5H2,1-2H3,(H,18,19,21)(H3,16,17,20,22)/t6-,7-/m0/s1. The van der Waals surface area contributed by atoms with Gasteiger partial charge in [0.1, 0.15) is 4.83 Å². The van der Waals surface area contributed by atoms with Gasteiger partial charge in [0.05, 0.1) is 10.6 Å². The first kappa shape index (κ1) is 17.0. The summed E-state index contributed by atoms with van der Waals surface area (Å²) in [6.07, 6.45) is 2.97. The normalized spacial score (nSPS) is 18.2. The number of nitrogens with one attached hydrogen (secondary N) is 2. The second-order valence-electron chi connectivity index (χ2n) is 6.02. The van der Waals surface area contributed by atoms with Gasteiger partial charge in [-0.1, -0.05) is 18.7 Å². The number of hydrogen-bond acceptors (Lipinski definition) is 6. The molecule has 2 atom stereocenters. The van der Waals surface area contributed by atoms with Crippen LogP contribution >= 0.6 is 23.1 Å². The molecule has 0 fully saturated rings. The smallest absolute Gasteiger partial charge is 0.318 e. The van der Waals surface area contributed by atoms with E-state index in [2.05, 4.69) is 16.9 Å². The maximum atomic E-state index is 12.5. The lowest BCUT2D eigenvalue weighted by Gasteiger charge is -2.17. The summed E-state index contributed by atoms with van der Waals surface area (Å²) < 4.78 is 0. The fourth-order valence-corrected chi connectivity index (χ4v) is 5.07. The molecule has 0 radical (unpaired) electrons. The Morgan fingerprint density at radius 1 is 1.50 bits per heavy atom. The Hall–Kier alpha value is -1.87. The van der Waals surface area contributed by atoms with Crippen molar-refractivity contribution >= 4 is 45.3 Å². The van der Waals surface area contributed by atoms with Gasteiger partial charge in [0.2, 0.25) is 5.91 Å². The Balaban J connectivity index is 1.90. The summed E-state index contributed by atoms with van der Waals surface area (Å²) in [5.74, 6) is 0.102. The lowest BCUT2D eigenvalue weighted by molar-refractivity contribution is -0.119. The van der Waals surface area contributed by atoms with Crippen molar-refractivity contribution in [3.63, 3.8) is 0 Å². The number of amides is 3. The van der Waals surface area contributed by atoms with Crippen molar-refractivity contribution in [2.45, 2.75) is 43.5 Å². The van der Waals surface area contributed by atoms with Gasteiger partial charge in [0.15, 0.2) is 5.16 Å². The van der Waals surface area contributed by atoms with Crippen molar-refractivity contribution in [2.24, 2.45) is 11.7 Å². The molecule has 128 valence electrons. The number of thiophene rings is 1. The first-order chi connectivity index (χ1) is 11.3. The number of H-pyrrole nitrogens is 1. The number of aromatic nitrogens is 2. The molecule has 4 N–H and O–H groups in total. The number of rotatable bonds is 3. The van der Waals surface area contributed by atoms with Crippen molar-refractivity contribution in [1.29, 1.82) is 0 Å². The molecule has 0 aliphatic heterocycles. The molecule has 7 nitrogen and oxygen atoms in total. The van der Waals surface area contributed by atoms with Gasteiger partial charge >= 0.3 is 6.03 Å². The summed E-state index contributed by atoms with van der Waals surface area (Å²) in [5.41, 5.74) is 5.89. The number of hydrogen-bond donors (Lipinski definition) is 3. The van der Waals surface area contributed by atoms with E-state index < -0.39 is 17.2 Å². The number of aromatic amines is 1. The highest BCUT2D eigenvalue weighted by molar-refractivity contribution is 8.00. The molecule has 3 amide bonds. The minimum Gasteiger partial charge on any atom is -0.351 e. The zero-order valence-corrected chi connectivity index (χ0v) is 15.0. The Morgan fingerprint density at radius 3 is 2.96 bits per heavy atom. The third-order valence-corrected chi connectivity index (χ3v) is 6.18. The van der Waals surface area contributed by atoms with Crippen molar-refractivity contribution in [2.75, 3.05) is 0 Å². The molecule has 0 saturated heterocycles. The van der Waals surface area contributed by atoms with Gasteiger partial charge in [-0.15, -0.1) is 11.3 Å². The van der Waals surface area contributed by atoms with Gasteiger partial charge in [-0.25, -0.2) is 9.78 Å². The number of nitrogens with two attached hydrogens (primary N) is 1. The second kappa shape index (κ2) is 6.56. The van der Waals surface area contributed by atoms with Crippen molar-refractivity contribution in [1.82, 2.24) is 15.3 Å². The zero-order valence-electron chi connectivity index (χ0n) is 13.3. The molecule has 2 heterocycles. The van der Waals surface area contributed by atoms with Crippen LogP contribution in [-0.4, -0.2) is 27.2 Å². The van der Waals surface area contributed by atoms with Crippen LogP contribution in [0.1, 0.15) is 30.7 Å². The maximum absolute atomic E-state index is 12.5. The SMILES string of the molecule is C[C@H]1CCc2c(sc3nc(S[C@@H](C)C(=O)NC(N)=O)[nH]c(=O)c23)C1. The molecule has 1 aliphatic rings. The van der Waals surface area contributed by atoms with E-state index in [1.165, 1.54) is 4.88 Å². The number of thioether (sulfide) groups is 1. The average molecular weight is 366 g/mol. The Labute approximate surface area is 146 Å². The van der Waals surface area contributed by atoms with Crippen LogP contribution in [0.2, 0.25) is 0 Å². The third-order valence-electron chi connectivity index (χ3n) is 4.05. The van der Waals surface area contributed by atoms with Gasteiger partial charge in [-0.3, -0.25) is 14.9 Å². The fraction of sp³-hybridized carbons (Fsp3) is 0.467. The summed E-state index contributed by atoms with van der Waals surface area (Å²) in [6, 6.07) is -0.899. The van der Waals surface area contributed by atoms with Gasteiger partial charge in [-0.2, -0.15) is 0 Å². The highest BCUT2D eigenvalue weighted by Gasteiger charge is 2.24. The summed E-state index contributed by atoms with van der Waals surface area (Å²) in [5, 5.41) is 2.47. The van der Waals surface area contributed by atoms with Crippen LogP contribution in [0.25, 0.3) is 10.2 Å². The van der Waals surface area contributed by atoms with Crippen LogP contribution < -0.4 is 16.6 Å². The number of urea groups is 1. The van der Waals surface area contributed by atoms with Crippen molar-refractivity contribution < 1.29 is 9.59 Å². The molecular formula is C15H18N4O3S2. The van der Waals surface area contributed by atoms with Crippen LogP contribution in [-0.2, 0) is 17.6 Å². The Kier molecular flexibility index (Phi) is 4.64. The molecule has 1 aliphatic carbocycles. The first-order valence-electron chi connectivity index (χ1n) is 7.66. The number of fused-ring (bicyclic) bond motifs is 3. The van der Waals surface area contributed by atoms with E-state index >= 15 is 0 Å². The summed E-state index contributed by atoms with van der Waals surface area (Å²) in [7, 11) is 0. The van der Waals surface area contributed by atoms with Crippen LogP contribution in [0, 0.1) is 5.92 Å². The van der Waals surface area contributed by atoms with Crippen LogP contribution in [0.15, 0.2) is 9.95 Å². The Bertz CT molecular complexity index is 873. The molecule has 24 heavy (non-hydrogen) atoms. The number of nitrogens with zero attached hydrogens (tertiary/aromatic N) is 1. The highest BCUT2D eigenvalue weighted by Crippen LogP contribution is 2.36. The molecule has 0 aromatic carbocycles. The molecule has 0 spiro atoms. The monoisotopic (exact) mass is 366 g/mol. The summed E-state index contributed by atoms with van der Waals surface area (Å²) in [6.45, 7) is 3.83. The van der Waals surface area contributed by atoms with Gasteiger partial charge in [0.25, 0.3) is 5.56 Å². The predicted molar refractivity (Wildman–Crippen MR) is 94.5 cm³/mol. The minimum atomic E-state index is -0.899. The van der Waals surface area contributed by atoms with E-state index in [0.29, 0.717) is 21.3 Å². The minimum absolute atomic E-state index is 0.169. The topological polar surface area (TPSA) is 118 Å². The second-order valence-corrected chi connectivity index (χ2v) is 8.43. The molecule has 0 bridgehead atoms. The number of imide groups is 1. The fourth-order valence-electron chi connectivity index (χ4n) is 2.83. The predicted octanol–water partition coefficient (Wildman–Crippen LogP) is 1.78. The zero-order chi connectivity index (χ0) is 17.4. The maximum Gasteiger partial charge on any atom is 0.318 e. The van der Waals surface area contributed by atoms with Crippen LogP contribution in [0.3, 0.4) is 0 Å². The number of primary amides is 1. The number of aryl methyl sites for hydroxylation is 1. The van der Waals surface area contributed by atoms with Crippen molar-refractivity contribution in [3.8, 4) is 0 Å². The molecule has 0 unspecified atom stereocenters. The average Bonchev–Trinajstić information content (AvgIpc) is 2.83. The molecule has 2 aromatic rings. The third kappa shape index (κ3) is 3.32. The van der Waals surface area contributed by atoms with Crippen LogP contribution in [0.4, 0.5) is 4.79 Å². The molecule has 9 heteroatoms. The first-order valence-corrected chi connectivity index (χ1v) is 9.36. The van der Waals surface area contributed by atoms with Crippen molar-refractivity contribution in [3.05, 3.63) is 20.8 Å². The van der Waals surface area contributed by atoms with E-state index in [4.69, 9.17) is 5.73 Å².